The van der Waals surface area contributed by atoms with Gasteiger partial charge in [0.25, 0.3) is 0 Å². The second-order valence-corrected chi connectivity index (χ2v) is 10.6. The van der Waals surface area contributed by atoms with Gasteiger partial charge < -0.3 is 5.32 Å². The minimum atomic E-state index is -0.688. The van der Waals surface area contributed by atoms with Crippen molar-refractivity contribution in [2.75, 3.05) is 5.32 Å². The Balaban J connectivity index is 0.00000100. The van der Waals surface area contributed by atoms with Crippen molar-refractivity contribution in [2.24, 2.45) is 17.3 Å². The van der Waals surface area contributed by atoms with E-state index in [0.717, 1.165) is 36.0 Å². The first-order chi connectivity index (χ1) is 18.9. The first-order valence-electron chi connectivity index (χ1n) is 14.7. The van der Waals surface area contributed by atoms with E-state index in [0.29, 0.717) is 30.9 Å². The quantitative estimate of drug-likeness (QED) is 0.367. The molecule has 1 spiro atoms. The fourth-order valence-corrected chi connectivity index (χ4v) is 5.91. The molecule has 5 rings (SSSR count). The number of anilines is 1. The van der Waals surface area contributed by atoms with E-state index in [2.05, 4.69) is 17.6 Å². The predicted octanol–water partition coefficient (Wildman–Crippen LogP) is 6.38. The van der Waals surface area contributed by atoms with Crippen molar-refractivity contribution in [1.29, 1.82) is 0 Å². The Kier molecular flexibility index (Phi) is 10.6. The molecule has 2 aromatic rings. The van der Waals surface area contributed by atoms with Crippen molar-refractivity contribution in [3.63, 3.8) is 0 Å². The van der Waals surface area contributed by atoms with Gasteiger partial charge >= 0.3 is 0 Å². The highest BCUT2D eigenvalue weighted by Gasteiger charge is 2.50. The highest BCUT2D eigenvalue weighted by molar-refractivity contribution is 6.06. The number of rotatable bonds is 9. The van der Waals surface area contributed by atoms with Crippen LogP contribution in [0.15, 0.2) is 48.5 Å². The number of carbonyl (C=O) groups is 4. The molecule has 1 saturated heterocycles. The lowest BCUT2D eigenvalue weighted by Gasteiger charge is -2.25. The van der Waals surface area contributed by atoms with Crippen molar-refractivity contribution in [3.8, 4) is 0 Å². The number of hydrogen-bond donors (Lipinski definition) is 2. The molecular weight excluding hydrogens is 488 g/mol. The molecule has 2 aliphatic carbocycles. The molecule has 39 heavy (non-hydrogen) atoms. The van der Waals surface area contributed by atoms with E-state index in [1.54, 1.807) is 0 Å². The van der Waals surface area contributed by atoms with Gasteiger partial charge in [0.05, 0.1) is 5.41 Å². The van der Waals surface area contributed by atoms with Crippen LogP contribution in [0.3, 0.4) is 0 Å². The maximum absolute atomic E-state index is 13.3. The Morgan fingerprint density at radius 1 is 0.949 bits per heavy atom. The molecule has 3 amide bonds. The highest BCUT2D eigenvalue weighted by atomic mass is 16.2. The SMILES string of the molecule is CC.CC.CC[C@H](c1ccccc1)C(CC(=O)Nc1ccc2c(c1)C[C@@]1(CC(=O)NC1=O)C2)C(=O)CC1CC1. The molecule has 6 heteroatoms. The number of ketones is 1. The van der Waals surface area contributed by atoms with Crippen LogP contribution < -0.4 is 10.6 Å². The number of nitrogens with one attached hydrogen (secondary N) is 2. The fraction of sp³-hybridized carbons (Fsp3) is 0.515. The third-order valence-corrected chi connectivity index (χ3v) is 7.94. The summed E-state index contributed by atoms with van der Waals surface area (Å²) in [7, 11) is 0. The van der Waals surface area contributed by atoms with E-state index in [1.165, 1.54) is 0 Å². The Labute approximate surface area is 233 Å². The number of hydrogen-bond acceptors (Lipinski definition) is 4. The molecule has 2 fully saturated rings. The van der Waals surface area contributed by atoms with Crippen LogP contribution in [0.1, 0.15) is 95.8 Å². The van der Waals surface area contributed by atoms with E-state index >= 15 is 0 Å². The minimum absolute atomic E-state index is 0.00601. The maximum Gasteiger partial charge on any atom is 0.233 e. The summed E-state index contributed by atoms with van der Waals surface area (Å²) in [6, 6.07) is 15.7. The lowest BCUT2D eigenvalue weighted by atomic mass is 9.78. The summed E-state index contributed by atoms with van der Waals surface area (Å²) in [5.74, 6) is -0.276. The van der Waals surface area contributed by atoms with Gasteiger partial charge in [0.1, 0.15) is 5.78 Å². The third kappa shape index (κ3) is 7.23. The smallest absolute Gasteiger partial charge is 0.233 e. The highest BCUT2D eigenvalue weighted by Crippen LogP contribution is 2.43. The van der Waals surface area contributed by atoms with Crippen LogP contribution >= 0.6 is 0 Å². The maximum atomic E-state index is 13.3. The zero-order valence-corrected chi connectivity index (χ0v) is 24.1. The summed E-state index contributed by atoms with van der Waals surface area (Å²) < 4.78 is 0. The van der Waals surface area contributed by atoms with Gasteiger partial charge in [-0.1, -0.05) is 71.0 Å². The van der Waals surface area contributed by atoms with Gasteiger partial charge in [0.2, 0.25) is 17.7 Å². The summed E-state index contributed by atoms with van der Waals surface area (Å²) in [5.41, 5.74) is 3.11. The van der Waals surface area contributed by atoms with Crippen LogP contribution in [-0.4, -0.2) is 23.5 Å². The van der Waals surface area contributed by atoms with Gasteiger partial charge in [0, 0.05) is 30.9 Å². The van der Waals surface area contributed by atoms with Gasteiger partial charge in [-0.2, -0.15) is 0 Å². The first-order valence-corrected chi connectivity index (χ1v) is 14.7. The molecule has 6 nitrogen and oxygen atoms in total. The second kappa shape index (κ2) is 13.7. The van der Waals surface area contributed by atoms with E-state index in [4.69, 9.17) is 0 Å². The molecule has 3 aliphatic rings. The zero-order valence-electron chi connectivity index (χ0n) is 24.1. The van der Waals surface area contributed by atoms with E-state index in [1.807, 2.05) is 76.2 Å². The number of carbonyl (C=O) groups excluding carboxylic acids is 4. The molecule has 210 valence electrons. The normalized spacial score (nSPS) is 20.5. The van der Waals surface area contributed by atoms with Crippen molar-refractivity contribution < 1.29 is 19.2 Å². The summed E-state index contributed by atoms with van der Waals surface area (Å²) in [6.07, 6.45) is 4.96. The zero-order chi connectivity index (χ0) is 28.6. The standard InChI is InChI=1S/C29H32N2O4.2C2H6/c1-2-23(19-6-4-3-5-7-19)24(25(32)12-18-8-9-18)14-26(33)30-22-11-10-20-15-29(16-21(20)13-22)17-27(34)31-28(29)35;2*1-2/h3-7,10-11,13,18,23-24H,2,8-9,12,14-17H2,1H3,(H,30,33)(H,31,34,35);2*1-2H3/t23-,24?,29-;;/m1../s1. The molecule has 0 radical (unpaired) electrons. The average molecular weight is 533 g/mol. The molecule has 1 heterocycles. The van der Waals surface area contributed by atoms with Crippen molar-refractivity contribution >= 4 is 29.2 Å². The number of benzene rings is 2. The molecule has 1 aliphatic heterocycles. The van der Waals surface area contributed by atoms with Crippen LogP contribution in [0.2, 0.25) is 0 Å². The summed E-state index contributed by atoms with van der Waals surface area (Å²) in [5, 5.41) is 5.43. The number of fused-ring (bicyclic) bond motifs is 1. The van der Waals surface area contributed by atoms with Crippen LogP contribution in [0.5, 0.6) is 0 Å². The molecule has 0 aromatic heterocycles. The largest absolute Gasteiger partial charge is 0.326 e. The van der Waals surface area contributed by atoms with Gasteiger partial charge in [-0.05, 0) is 72.8 Å². The van der Waals surface area contributed by atoms with Gasteiger partial charge in [-0.3, -0.25) is 24.5 Å². The Bertz CT molecular complexity index is 1170. The lowest BCUT2D eigenvalue weighted by molar-refractivity contribution is -0.128. The first kappa shape index (κ1) is 30.3. The molecular formula is C33H44N2O4. The summed E-state index contributed by atoms with van der Waals surface area (Å²) in [4.78, 5) is 50.6. The molecule has 0 bridgehead atoms. The van der Waals surface area contributed by atoms with Crippen LogP contribution in [0, 0.1) is 17.3 Å². The summed E-state index contributed by atoms with van der Waals surface area (Å²) >= 11 is 0. The predicted molar refractivity (Wildman–Crippen MR) is 155 cm³/mol. The average Bonchev–Trinajstić information content (AvgIpc) is 3.62. The Hall–Kier alpha value is -3.28. The molecule has 1 unspecified atom stereocenters. The Morgan fingerprint density at radius 2 is 1.62 bits per heavy atom. The minimum Gasteiger partial charge on any atom is -0.326 e. The van der Waals surface area contributed by atoms with Crippen LogP contribution in [0.25, 0.3) is 0 Å². The molecule has 1 saturated carbocycles. The van der Waals surface area contributed by atoms with E-state index < -0.39 is 5.41 Å². The van der Waals surface area contributed by atoms with Crippen molar-refractivity contribution in [3.05, 3.63) is 65.2 Å². The van der Waals surface area contributed by atoms with Gasteiger partial charge in [-0.25, -0.2) is 0 Å². The molecule has 2 N–H and O–H groups in total. The lowest BCUT2D eigenvalue weighted by Crippen LogP contribution is -2.32. The monoisotopic (exact) mass is 532 g/mol. The second-order valence-electron chi connectivity index (χ2n) is 10.6. The Morgan fingerprint density at radius 3 is 2.21 bits per heavy atom. The van der Waals surface area contributed by atoms with Crippen LogP contribution in [-0.2, 0) is 32.0 Å². The number of Topliss-reactive ketones (excluding diaryl/α,β-unsaturated/α-hetero) is 1. The number of amides is 3. The third-order valence-electron chi connectivity index (χ3n) is 7.94. The number of imide groups is 1. The van der Waals surface area contributed by atoms with E-state index in [-0.39, 0.29) is 48.2 Å². The topological polar surface area (TPSA) is 92.3 Å². The van der Waals surface area contributed by atoms with Crippen molar-refractivity contribution in [2.45, 2.75) is 91.9 Å². The van der Waals surface area contributed by atoms with Crippen LogP contribution in [0.4, 0.5) is 5.69 Å². The van der Waals surface area contributed by atoms with E-state index in [9.17, 15) is 19.2 Å². The van der Waals surface area contributed by atoms with Gasteiger partial charge in [0.15, 0.2) is 0 Å². The van der Waals surface area contributed by atoms with Crippen molar-refractivity contribution in [1.82, 2.24) is 5.32 Å². The molecule has 2 aromatic carbocycles. The molecule has 3 atom stereocenters. The van der Waals surface area contributed by atoms with Gasteiger partial charge in [-0.15, -0.1) is 0 Å². The fourth-order valence-electron chi connectivity index (χ4n) is 5.91. The summed E-state index contributed by atoms with van der Waals surface area (Å²) in [6.45, 7) is 10.1.